The molecule has 126 valence electrons. The number of nitrogens with two attached hydrogens (primary N) is 1. The van der Waals surface area contributed by atoms with E-state index in [1.807, 2.05) is 18.2 Å². The number of nitrogens with zero attached hydrogens (tertiary/aromatic N) is 3. The second kappa shape index (κ2) is 7.55. The quantitative estimate of drug-likeness (QED) is 0.687. The van der Waals surface area contributed by atoms with Gasteiger partial charge in [-0.1, -0.05) is 12.1 Å². The Labute approximate surface area is 144 Å². The van der Waals surface area contributed by atoms with E-state index in [1.54, 1.807) is 5.38 Å². The Morgan fingerprint density at radius 1 is 1.29 bits per heavy atom. The molecule has 7 heteroatoms. The van der Waals surface area contributed by atoms with Crippen molar-refractivity contribution >= 4 is 28.3 Å². The summed E-state index contributed by atoms with van der Waals surface area (Å²) in [5.74, 6) is 0.842. The SMILES string of the molecule is CCn1c(CCNC(=O)c2csc(CCN)n2)nc2ccccc21. The molecule has 0 atom stereocenters. The number of hydrogen-bond acceptors (Lipinski definition) is 5. The van der Waals surface area contributed by atoms with Crippen LogP contribution in [0.4, 0.5) is 0 Å². The van der Waals surface area contributed by atoms with Gasteiger partial charge in [-0.15, -0.1) is 11.3 Å². The van der Waals surface area contributed by atoms with Crippen LogP contribution in [0.25, 0.3) is 11.0 Å². The minimum absolute atomic E-state index is 0.145. The van der Waals surface area contributed by atoms with Gasteiger partial charge in [0.15, 0.2) is 0 Å². The van der Waals surface area contributed by atoms with Crippen LogP contribution >= 0.6 is 11.3 Å². The molecule has 0 bridgehead atoms. The minimum atomic E-state index is -0.145. The molecule has 3 rings (SSSR count). The van der Waals surface area contributed by atoms with Crippen LogP contribution in [0, 0.1) is 0 Å². The van der Waals surface area contributed by atoms with Crippen molar-refractivity contribution in [3.8, 4) is 0 Å². The Bertz CT molecular complexity index is 838. The predicted octanol–water partition coefficient (Wildman–Crippen LogP) is 1.99. The average Bonchev–Trinajstić information content (AvgIpc) is 3.19. The molecule has 0 unspecified atom stereocenters. The number of carbonyl (C=O) groups is 1. The summed E-state index contributed by atoms with van der Waals surface area (Å²) in [4.78, 5) is 21.1. The second-order valence-corrected chi connectivity index (χ2v) is 6.37. The van der Waals surface area contributed by atoms with Gasteiger partial charge in [0.2, 0.25) is 0 Å². The van der Waals surface area contributed by atoms with E-state index in [-0.39, 0.29) is 5.91 Å². The third-order valence-electron chi connectivity index (χ3n) is 3.83. The third kappa shape index (κ3) is 3.47. The van der Waals surface area contributed by atoms with Crippen LogP contribution in [-0.4, -0.2) is 33.5 Å². The zero-order valence-corrected chi connectivity index (χ0v) is 14.5. The maximum absolute atomic E-state index is 12.2. The average molecular weight is 343 g/mol. The van der Waals surface area contributed by atoms with E-state index in [0.717, 1.165) is 28.4 Å². The van der Waals surface area contributed by atoms with Gasteiger partial charge in [-0.05, 0) is 25.6 Å². The first-order valence-electron chi connectivity index (χ1n) is 8.09. The van der Waals surface area contributed by atoms with Gasteiger partial charge in [0, 0.05) is 31.3 Å². The number of amides is 1. The van der Waals surface area contributed by atoms with Crippen molar-refractivity contribution in [3.63, 3.8) is 0 Å². The highest BCUT2D eigenvalue weighted by Crippen LogP contribution is 2.16. The lowest BCUT2D eigenvalue weighted by molar-refractivity contribution is 0.0949. The zero-order valence-electron chi connectivity index (χ0n) is 13.7. The van der Waals surface area contributed by atoms with Crippen LogP contribution < -0.4 is 11.1 Å². The molecule has 0 spiro atoms. The third-order valence-corrected chi connectivity index (χ3v) is 4.74. The van der Waals surface area contributed by atoms with E-state index in [0.29, 0.717) is 31.6 Å². The van der Waals surface area contributed by atoms with Crippen molar-refractivity contribution in [1.82, 2.24) is 19.9 Å². The minimum Gasteiger partial charge on any atom is -0.350 e. The van der Waals surface area contributed by atoms with Crippen molar-refractivity contribution in [1.29, 1.82) is 0 Å². The number of aryl methyl sites for hydroxylation is 1. The standard InChI is InChI=1S/C17H21N5OS/c1-2-22-14-6-4-3-5-12(14)20-15(22)8-10-19-17(23)13-11-24-16(21-13)7-9-18/h3-6,11H,2,7-10,18H2,1H3,(H,19,23). The molecule has 0 fully saturated rings. The molecule has 0 saturated heterocycles. The number of thiazole rings is 1. The topological polar surface area (TPSA) is 85.8 Å². The monoisotopic (exact) mass is 343 g/mol. The molecule has 0 aliphatic heterocycles. The van der Waals surface area contributed by atoms with Gasteiger partial charge in [-0.25, -0.2) is 9.97 Å². The Morgan fingerprint density at radius 2 is 2.12 bits per heavy atom. The highest BCUT2D eigenvalue weighted by molar-refractivity contribution is 7.09. The Balaban J connectivity index is 1.62. The summed E-state index contributed by atoms with van der Waals surface area (Å²) >= 11 is 1.47. The van der Waals surface area contributed by atoms with E-state index in [2.05, 4.69) is 32.8 Å². The number of hydrogen-bond donors (Lipinski definition) is 2. The first-order chi connectivity index (χ1) is 11.7. The number of imidazole rings is 1. The van der Waals surface area contributed by atoms with E-state index >= 15 is 0 Å². The summed E-state index contributed by atoms with van der Waals surface area (Å²) < 4.78 is 2.18. The predicted molar refractivity (Wildman–Crippen MR) is 96.3 cm³/mol. The number of aromatic nitrogens is 3. The van der Waals surface area contributed by atoms with Crippen LogP contribution in [0.15, 0.2) is 29.6 Å². The van der Waals surface area contributed by atoms with E-state index in [1.165, 1.54) is 11.3 Å². The first-order valence-corrected chi connectivity index (χ1v) is 8.97. The fourth-order valence-electron chi connectivity index (χ4n) is 2.70. The van der Waals surface area contributed by atoms with Gasteiger partial charge in [0.1, 0.15) is 11.5 Å². The maximum atomic E-state index is 12.2. The van der Waals surface area contributed by atoms with Crippen molar-refractivity contribution in [2.24, 2.45) is 5.73 Å². The summed E-state index contributed by atoms with van der Waals surface area (Å²) in [5.41, 5.74) is 8.10. The molecular formula is C17H21N5OS. The molecule has 0 aliphatic rings. The van der Waals surface area contributed by atoms with Gasteiger partial charge < -0.3 is 15.6 Å². The van der Waals surface area contributed by atoms with Crippen LogP contribution in [0.1, 0.15) is 28.2 Å². The van der Waals surface area contributed by atoms with Crippen LogP contribution in [0.2, 0.25) is 0 Å². The summed E-state index contributed by atoms with van der Waals surface area (Å²) in [6.07, 6.45) is 1.40. The van der Waals surface area contributed by atoms with E-state index in [4.69, 9.17) is 5.73 Å². The number of para-hydroxylation sites is 2. The lowest BCUT2D eigenvalue weighted by Gasteiger charge is -2.06. The molecule has 0 radical (unpaired) electrons. The van der Waals surface area contributed by atoms with Gasteiger partial charge in [0.05, 0.1) is 16.0 Å². The highest BCUT2D eigenvalue weighted by Gasteiger charge is 2.12. The molecule has 3 aromatic rings. The fourth-order valence-corrected chi connectivity index (χ4v) is 3.50. The van der Waals surface area contributed by atoms with E-state index in [9.17, 15) is 4.79 Å². The number of fused-ring (bicyclic) bond motifs is 1. The smallest absolute Gasteiger partial charge is 0.270 e. The molecule has 24 heavy (non-hydrogen) atoms. The number of carbonyl (C=O) groups excluding carboxylic acids is 1. The lowest BCUT2D eigenvalue weighted by Crippen LogP contribution is -2.26. The lowest BCUT2D eigenvalue weighted by atomic mass is 10.3. The van der Waals surface area contributed by atoms with Gasteiger partial charge in [-0.2, -0.15) is 0 Å². The van der Waals surface area contributed by atoms with Crippen LogP contribution in [0.3, 0.4) is 0 Å². The number of rotatable bonds is 7. The van der Waals surface area contributed by atoms with Crippen molar-refractivity contribution in [2.45, 2.75) is 26.3 Å². The van der Waals surface area contributed by atoms with Gasteiger partial charge >= 0.3 is 0 Å². The summed E-state index contributed by atoms with van der Waals surface area (Å²) in [5, 5.41) is 5.60. The van der Waals surface area contributed by atoms with Crippen LogP contribution in [-0.2, 0) is 19.4 Å². The summed E-state index contributed by atoms with van der Waals surface area (Å²) in [6, 6.07) is 8.09. The molecule has 1 amide bonds. The van der Waals surface area contributed by atoms with E-state index < -0.39 is 0 Å². The molecule has 0 aliphatic carbocycles. The Kier molecular flexibility index (Phi) is 5.22. The summed E-state index contributed by atoms with van der Waals surface area (Å²) in [7, 11) is 0. The molecule has 1 aromatic carbocycles. The summed E-state index contributed by atoms with van der Waals surface area (Å²) in [6.45, 7) is 4.04. The molecule has 2 heterocycles. The van der Waals surface area contributed by atoms with Gasteiger partial charge in [0.25, 0.3) is 5.91 Å². The zero-order chi connectivity index (χ0) is 16.9. The molecule has 3 N–H and O–H groups in total. The largest absolute Gasteiger partial charge is 0.350 e. The first kappa shape index (κ1) is 16.6. The molecule has 2 aromatic heterocycles. The van der Waals surface area contributed by atoms with Crippen molar-refractivity contribution in [2.75, 3.05) is 13.1 Å². The fraction of sp³-hybridized carbons (Fsp3) is 0.353. The maximum Gasteiger partial charge on any atom is 0.270 e. The van der Waals surface area contributed by atoms with Crippen molar-refractivity contribution < 1.29 is 4.79 Å². The normalized spacial score (nSPS) is 11.1. The molecule has 6 nitrogen and oxygen atoms in total. The van der Waals surface area contributed by atoms with Crippen molar-refractivity contribution in [3.05, 3.63) is 46.2 Å². The number of nitrogens with one attached hydrogen (secondary N) is 1. The Morgan fingerprint density at radius 3 is 2.92 bits per heavy atom. The molecular weight excluding hydrogens is 322 g/mol. The Hall–Kier alpha value is -2.25. The number of benzene rings is 1. The second-order valence-electron chi connectivity index (χ2n) is 5.43. The molecule has 0 saturated carbocycles. The van der Waals surface area contributed by atoms with Gasteiger partial charge in [-0.3, -0.25) is 4.79 Å². The highest BCUT2D eigenvalue weighted by atomic mass is 32.1. The van der Waals surface area contributed by atoms with Crippen LogP contribution in [0.5, 0.6) is 0 Å².